The Morgan fingerprint density at radius 2 is 2.03 bits per heavy atom. The average Bonchev–Trinajstić information content (AvgIpc) is 3.48. The van der Waals surface area contributed by atoms with Crippen molar-refractivity contribution in [2.24, 2.45) is 0 Å². The summed E-state index contributed by atoms with van der Waals surface area (Å²) in [6, 6.07) is 6.62. The number of fused-ring (bicyclic) bond motifs is 1. The lowest BCUT2D eigenvalue weighted by molar-refractivity contribution is -0.132. The molecule has 5 rings (SSSR count). The lowest BCUT2D eigenvalue weighted by atomic mass is 10.2. The fourth-order valence-corrected chi connectivity index (χ4v) is 4.82. The molecular formula is C22H20ClFN6O2S. The van der Waals surface area contributed by atoms with E-state index in [2.05, 4.69) is 15.1 Å². The molecule has 0 atom stereocenters. The zero-order chi connectivity index (χ0) is 22.9. The largest absolute Gasteiger partial charge is 0.495 e. The number of thiazole rings is 1. The van der Waals surface area contributed by atoms with Gasteiger partial charge in [-0.1, -0.05) is 11.6 Å². The average molecular weight is 487 g/mol. The van der Waals surface area contributed by atoms with E-state index in [-0.39, 0.29) is 17.5 Å². The number of hydrogen-bond acceptors (Lipinski definition) is 7. The number of ether oxygens (including phenoxy) is 1. The summed E-state index contributed by atoms with van der Waals surface area (Å²) in [5.41, 5.74) is 1.78. The van der Waals surface area contributed by atoms with Gasteiger partial charge in [-0.3, -0.25) is 4.79 Å². The van der Waals surface area contributed by atoms with Crippen molar-refractivity contribution in [2.75, 3.05) is 38.2 Å². The summed E-state index contributed by atoms with van der Waals surface area (Å²) >= 11 is 7.50. The quantitative estimate of drug-likeness (QED) is 0.428. The van der Waals surface area contributed by atoms with Gasteiger partial charge in [-0.25, -0.2) is 19.0 Å². The van der Waals surface area contributed by atoms with Crippen molar-refractivity contribution in [3.05, 3.63) is 52.9 Å². The number of carbonyl (C=O) groups excluding carboxylic acids is 1. The van der Waals surface area contributed by atoms with Crippen LogP contribution in [-0.2, 0) is 11.3 Å². The third-order valence-corrected chi connectivity index (χ3v) is 6.70. The molecule has 8 nitrogen and oxygen atoms in total. The molecule has 0 N–H and O–H groups in total. The van der Waals surface area contributed by atoms with E-state index >= 15 is 0 Å². The molecule has 170 valence electrons. The first-order valence-electron chi connectivity index (χ1n) is 10.3. The lowest BCUT2D eigenvalue weighted by Crippen LogP contribution is -2.50. The first kappa shape index (κ1) is 21.6. The van der Waals surface area contributed by atoms with Crippen molar-refractivity contribution in [1.82, 2.24) is 24.6 Å². The molecule has 1 amide bonds. The molecule has 0 bridgehead atoms. The number of carbonyl (C=O) groups is 1. The second kappa shape index (κ2) is 8.95. The molecular weight excluding hydrogens is 467 g/mol. The standard InChI is InChI=1S/C22H20ClFN6O2S/c1-32-18-12-17(16(24)11-15(18)23)28-6-8-29(9-7-28)19(31)13-30-21-14(3-2-4-25-21)20(27-30)22-26-5-10-33-22/h2-5,10-12H,6-9,13H2,1H3. The number of methoxy groups -OCH3 is 1. The minimum atomic E-state index is -0.413. The highest BCUT2D eigenvalue weighted by molar-refractivity contribution is 7.13. The summed E-state index contributed by atoms with van der Waals surface area (Å²) in [6.45, 7) is 2.00. The van der Waals surface area contributed by atoms with E-state index in [1.54, 1.807) is 28.0 Å². The van der Waals surface area contributed by atoms with Gasteiger partial charge >= 0.3 is 0 Å². The Bertz CT molecular complexity index is 1300. The summed E-state index contributed by atoms with van der Waals surface area (Å²) in [6.07, 6.45) is 3.41. The molecule has 1 aliphatic rings. The lowest BCUT2D eigenvalue weighted by Gasteiger charge is -2.36. The topological polar surface area (TPSA) is 76.4 Å². The van der Waals surface area contributed by atoms with E-state index in [0.717, 1.165) is 16.1 Å². The van der Waals surface area contributed by atoms with E-state index in [9.17, 15) is 9.18 Å². The van der Waals surface area contributed by atoms with Crippen LogP contribution in [0.2, 0.25) is 5.02 Å². The minimum absolute atomic E-state index is 0.0652. The van der Waals surface area contributed by atoms with Gasteiger partial charge in [0.05, 0.1) is 17.8 Å². The Kier molecular flexibility index (Phi) is 5.86. The Hall–Kier alpha value is -3.24. The zero-order valence-corrected chi connectivity index (χ0v) is 19.3. The summed E-state index contributed by atoms with van der Waals surface area (Å²) < 4.78 is 21.3. The molecule has 1 aliphatic heterocycles. The van der Waals surface area contributed by atoms with Gasteiger partial charge in [0.2, 0.25) is 5.91 Å². The summed E-state index contributed by atoms with van der Waals surface area (Å²) in [7, 11) is 1.49. The summed E-state index contributed by atoms with van der Waals surface area (Å²) in [4.78, 5) is 25.5. The highest BCUT2D eigenvalue weighted by atomic mass is 35.5. The number of anilines is 1. The van der Waals surface area contributed by atoms with Gasteiger partial charge in [-0.15, -0.1) is 11.3 Å². The van der Waals surface area contributed by atoms with Crippen LogP contribution in [0.4, 0.5) is 10.1 Å². The molecule has 4 aromatic rings. The number of hydrogen-bond donors (Lipinski definition) is 0. The number of rotatable bonds is 5. The van der Waals surface area contributed by atoms with E-state index in [1.165, 1.54) is 24.5 Å². The number of aromatic nitrogens is 4. The van der Waals surface area contributed by atoms with Crippen LogP contribution in [0, 0.1) is 5.82 Å². The van der Waals surface area contributed by atoms with Crippen molar-refractivity contribution in [3.8, 4) is 16.5 Å². The number of nitrogens with zero attached hydrogens (tertiary/aromatic N) is 6. The van der Waals surface area contributed by atoms with Crippen molar-refractivity contribution < 1.29 is 13.9 Å². The fourth-order valence-electron chi connectivity index (χ4n) is 3.96. The molecule has 0 aliphatic carbocycles. The number of halogens is 2. The first-order valence-corrected chi connectivity index (χ1v) is 11.6. The number of pyridine rings is 1. The summed E-state index contributed by atoms with van der Waals surface area (Å²) in [5.74, 6) is -0.0606. The highest BCUT2D eigenvalue weighted by Gasteiger charge is 2.25. The number of benzene rings is 1. The van der Waals surface area contributed by atoms with Gasteiger partial charge < -0.3 is 14.5 Å². The molecule has 1 aromatic carbocycles. The fraction of sp³-hybridized carbons (Fsp3) is 0.273. The van der Waals surface area contributed by atoms with Crippen molar-refractivity contribution >= 4 is 45.6 Å². The maximum Gasteiger partial charge on any atom is 0.244 e. The third kappa shape index (κ3) is 4.11. The van der Waals surface area contributed by atoms with E-state index in [1.807, 2.05) is 22.4 Å². The van der Waals surface area contributed by atoms with Crippen molar-refractivity contribution in [3.63, 3.8) is 0 Å². The van der Waals surface area contributed by atoms with Gasteiger partial charge in [-0.2, -0.15) is 5.10 Å². The molecule has 11 heteroatoms. The van der Waals surface area contributed by atoms with E-state index < -0.39 is 5.82 Å². The molecule has 0 spiro atoms. The van der Waals surface area contributed by atoms with Crippen molar-refractivity contribution in [1.29, 1.82) is 0 Å². The molecule has 0 saturated carbocycles. The van der Waals surface area contributed by atoms with Crippen molar-refractivity contribution in [2.45, 2.75) is 6.54 Å². The normalized spacial score (nSPS) is 14.2. The van der Waals surface area contributed by atoms with Crippen LogP contribution in [-0.4, -0.2) is 63.8 Å². The van der Waals surface area contributed by atoms with Crippen LogP contribution in [0.3, 0.4) is 0 Å². The third-order valence-electron chi connectivity index (χ3n) is 5.62. The van der Waals surface area contributed by atoms with Crippen LogP contribution >= 0.6 is 22.9 Å². The summed E-state index contributed by atoms with van der Waals surface area (Å²) in [5, 5.41) is 8.40. The number of piperazine rings is 1. The monoisotopic (exact) mass is 486 g/mol. The Morgan fingerprint density at radius 1 is 1.21 bits per heavy atom. The van der Waals surface area contributed by atoms with Crippen LogP contribution in [0.1, 0.15) is 0 Å². The Balaban J connectivity index is 1.31. The van der Waals surface area contributed by atoms with Gasteiger partial charge in [0.15, 0.2) is 5.65 Å². The Labute approximate surface area is 198 Å². The number of amides is 1. The molecule has 0 unspecified atom stereocenters. The van der Waals surface area contributed by atoms with E-state index in [4.69, 9.17) is 16.3 Å². The maximum atomic E-state index is 14.5. The minimum Gasteiger partial charge on any atom is -0.495 e. The van der Waals surface area contributed by atoms with Crippen LogP contribution in [0.25, 0.3) is 21.7 Å². The molecule has 3 aromatic heterocycles. The second-order valence-electron chi connectivity index (χ2n) is 7.52. The van der Waals surface area contributed by atoms with Crippen LogP contribution in [0.5, 0.6) is 5.75 Å². The molecule has 33 heavy (non-hydrogen) atoms. The van der Waals surface area contributed by atoms with E-state index in [0.29, 0.717) is 43.3 Å². The molecule has 1 fully saturated rings. The van der Waals surface area contributed by atoms with Crippen LogP contribution < -0.4 is 9.64 Å². The van der Waals surface area contributed by atoms with Gasteiger partial charge in [0.1, 0.15) is 28.8 Å². The smallest absolute Gasteiger partial charge is 0.244 e. The van der Waals surface area contributed by atoms with Gasteiger partial charge in [-0.05, 0) is 18.2 Å². The Morgan fingerprint density at radius 3 is 2.76 bits per heavy atom. The molecule has 1 saturated heterocycles. The SMILES string of the molecule is COc1cc(N2CCN(C(=O)Cn3nc(-c4nccs4)c4cccnc43)CC2)c(F)cc1Cl. The first-order chi connectivity index (χ1) is 16.0. The predicted octanol–water partition coefficient (Wildman–Crippen LogP) is 3.70. The second-order valence-corrected chi connectivity index (χ2v) is 8.83. The van der Waals surface area contributed by atoms with Crippen LogP contribution in [0.15, 0.2) is 42.0 Å². The molecule has 0 radical (unpaired) electrons. The molecule has 4 heterocycles. The highest BCUT2D eigenvalue weighted by Crippen LogP contribution is 2.33. The zero-order valence-electron chi connectivity index (χ0n) is 17.7. The van der Waals surface area contributed by atoms with Gasteiger partial charge in [0, 0.05) is 55.4 Å². The predicted molar refractivity (Wildman–Crippen MR) is 125 cm³/mol. The van der Waals surface area contributed by atoms with Gasteiger partial charge in [0.25, 0.3) is 0 Å². The maximum absolute atomic E-state index is 14.5.